The van der Waals surface area contributed by atoms with E-state index < -0.39 is 16.6 Å². The largest absolute Gasteiger partial charge is 0.493 e. The first-order valence-corrected chi connectivity index (χ1v) is 16.3. The summed E-state index contributed by atoms with van der Waals surface area (Å²) >= 11 is 0. The molecular weight excluding hydrogens is 522 g/mol. The maximum atomic E-state index is 11.2. The minimum Gasteiger partial charge on any atom is -0.493 e. The minimum atomic E-state index is -2.36. The van der Waals surface area contributed by atoms with Crippen LogP contribution in [0.25, 0.3) is 11.1 Å². The molecule has 1 saturated carbocycles. The SMILES string of the molecule is Cc1cc(OCC2CCS(O)(O)CC2)cc2c1-c1cc(CNc3ccc([C@H]4C[C@@H]4C(=O)O)cc3)ccc1CCC2. The molecule has 6 nitrogen and oxygen atoms in total. The van der Waals surface area contributed by atoms with Crippen molar-refractivity contribution < 1.29 is 23.7 Å². The van der Waals surface area contributed by atoms with Crippen LogP contribution in [0.3, 0.4) is 0 Å². The predicted octanol–water partition coefficient (Wildman–Crippen LogP) is 7.49. The Kier molecular flexibility index (Phi) is 7.55. The molecule has 2 aliphatic carbocycles. The zero-order valence-electron chi connectivity index (χ0n) is 23.1. The molecule has 7 heteroatoms. The number of carboxylic acid groups (broad SMARTS) is 1. The van der Waals surface area contributed by atoms with Crippen LogP contribution in [0.4, 0.5) is 5.69 Å². The third-order valence-corrected chi connectivity index (χ3v) is 10.6. The van der Waals surface area contributed by atoms with Crippen molar-refractivity contribution in [3.63, 3.8) is 0 Å². The van der Waals surface area contributed by atoms with E-state index >= 15 is 0 Å². The Balaban J connectivity index is 1.14. The second-order valence-corrected chi connectivity index (χ2v) is 14.3. The van der Waals surface area contributed by atoms with Crippen LogP contribution in [0.15, 0.2) is 54.6 Å². The van der Waals surface area contributed by atoms with Crippen molar-refractivity contribution in [3.05, 3.63) is 82.4 Å². The molecule has 3 aromatic carbocycles. The number of ether oxygens (including phenoxy) is 1. The second kappa shape index (κ2) is 11.1. The lowest BCUT2D eigenvalue weighted by Crippen LogP contribution is -2.24. The third kappa shape index (κ3) is 6.02. The number of rotatable bonds is 8. The summed E-state index contributed by atoms with van der Waals surface area (Å²) in [5.74, 6) is 1.52. The van der Waals surface area contributed by atoms with Crippen LogP contribution < -0.4 is 10.1 Å². The topological polar surface area (TPSA) is 99.0 Å². The number of carbonyl (C=O) groups is 1. The smallest absolute Gasteiger partial charge is 0.307 e. The van der Waals surface area contributed by atoms with Gasteiger partial charge in [0.2, 0.25) is 0 Å². The summed E-state index contributed by atoms with van der Waals surface area (Å²) in [4.78, 5) is 11.2. The van der Waals surface area contributed by atoms with E-state index in [0.717, 1.165) is 62.1 Å². The molecule has 0 amide bonds. The van der Waals surface area contributed by atoms with E-state index in [1.165, 1.54) is 33.4 Å². The maximum absolute atomic E-state index is 11.2. The average molecular weight is 562 g/mol. The zero-order chi connectivity index (χ0) is 27.9. The summed E-state index contributed by atoms with van der Waals surface area (Å²) in [6.07, 6.45) is 5.55. The molecule has 0 radical (unpaired) electrons. The summed E-state index contributed by atoms with van der Waals surface area (Å²) in [7, 11) is -2.36. The standard InChI is InChI=1S/C33H39NO5S/c1-21-15-28(39-20-22-11-13-40(37,38)14-12-22)17-26-4-2-3-24-6-5-23(16-30(24)32(21)26)19-34-27-9-7-25(8-10-27)29-18-31(29)33(35)36/h5-10,15-17,22,29,31,34,37-38H,2-4,11-14,18-20H2,1H3,(H,35,36)/t29-,31+/m1/s1. The van der Waals surface area contributed by atoms with Crippen molar-refractivity contribution in [2.75, 3.05) is 23.4 Å². The molecule has 0 aromatic heterocycles. The van der Waals surface area contributed by atoms with E-state index in [2.05, 4.69) is 54.7 Å². The van der Waals surface area contributed by atoms with Gasteiger partial charge in [0, 0.05) is 23.7 Å². The lowest BCUT2D eigenvalue weighted by Gasteiger charge is -2.39. The number of nitrogens with one attached hydrogen (secondary N) is 1. The van der Waals surface area contributed by atoms with Crippen molar-refractivity contribution in [1.82, 2.24) is 0 Å². The molecule has 6 rings (SSSR count). The van der Waals surface area contributed by atoms with Crippen molar-refractivity contribution in [2.45, 2.75) is 57.9 Å². The summed E-state index contributed by atoms with van der Waals surface area (Å²) in [5.41, 5.74) is 9.98. The summed E-state index contributed by atoms with van der Waals surface area (Å²) in [6, 6.07) is 19.4. The quantitative estimate of drug-likeness (QED) is 0.227. The number of carboxylic acids is 1. The fourth-order valence-corrected chi connectivity index (χ4v) is 8.00. The van der Waals surface area contributed by atoms with E-state index in [-0.39, 0.29) is 11.8 Å². The van der Waals surface area contributed by atoms with Gasteiger partial charge >= 0.3 is 5.97 Å². The van der Waals surface area contributed by atoms with Crippen LogP contribution in [-0.4, -0.2) is 38.3 Å². The molecular formula is C33H39NO5S. The number of hydrogen-bond acceptors (Lipinski definition) is 5. The Morgan fingerprint density at radius 3 is 2.48 bits per heavy atom. The van der Waals surface area contributed by atoms with Gasteiger partial charge in [-0.15, -0.1) is 0 Å². The summed E-state index contributed by atoms with van der Waals surface area (Å²) in [6.45, 7) is 3.52. The summed E-state index contributed by atoms with van der Waals surface area (Å²) in [5, 5.41) is 12.7. The first kappa shape index (κ1) is 27.2. The molecule has 1 saturated heterocycles. The van der Waals surface area contributed by atoms with Crippen LogP contribution in [-0.2, 0) is 24.2 Å². The number of aliphatic carboxylic acids is 1. The molecule has 3 aliphatic rings. The second-order valence-electron chi connectivity index (χ2n) is 11.8. The summed E-state index contributed by atoms with van der Waals surface area (Å²) < 4.78 is 26.0. The van der Waals surface area contributed by atoms with Gasteiger partial charge in [0.15, 0.2) is 0 Å². The minimum absolute atomic E-state index is 0.154. The maximum Gasteiger partial charge on any atom is 0.307 e. The van der Waals surface area contributed by atoms with Crippen LogP contribution in [0.5, 0.6) is 5.75 Å². The van der Waals surface area contributed by atoms with Gasteiger partial charge in [0.1, 0.15) is 5.75 Å². The van der Waals surface area contributed by atoms with Gasteiger partial charge in [-0.3, -0.25) is 13.9 Å². The predicted molar refractivity (Wildman–Crippen MR) is 162 cm³/mol. The highest BCUT2D eigenvalue weighted by Gasteiger charge is 2.44. The number of benzene rings is 3. The zero-order valence-corrected chi connectivity index (χ0v) is 23.9. The molecule has 0 bridgehead atoms. The van der Waals surface area contributed by atoms with Gasteiger partial charge in [-0.2, -0.15) is 10.6 Å². The average Bonchev–Trinajstić information content (AvgIpc) is 3.75. The monoisotopic (exact) mass is 561 g/mol. The van der Waals surface area contributed by atoms with Gasteiger partial charge in [-0.05, 0) is 127 Å². The van der Waals surface area contributed by atoms with E-state index in [4.69, 9.17) is 4.74 Å². The normalized spacial score (nSPS) is 22.4. The molecule has 212 valence electrons. The number of fused-ring (bicyclic) bond motifs is 3. The molecule has 2 atom stereocenters. The van der Waals surface area contributed by atoms with E-state index in [1.54, 1.807) is 0 Å². The van der Waals surface area contributed by atoms with Gasteiger partial charge in [0.25, 0.3) is 0 Å². The Bertz CT molecular complexity index is 1390. The van der Waals surface area contributed by atoms with Crippen molar-refractivity contribution in [2.24, 2.45) is 11.8 Å². The Morgan fingerprint density at radius 1 is 1.00 bits per heavy atom. The van der Waals surface area contributed by atoms with E-state index in [9.17, 15) is 19.0 Å². The first-order valence-electron chi connectivity index (χ1n) is 14.4. The van der Waals surface area contributed by atoms with Crippen LogP contribution in [0.2, 0.25) is 0 Å². The fourth-order valence-electron chi connectivity index (χ4n) is 6.37. The van der Waals surface area contributed by atoms with E-state index in [1.807, 2.05) is 12.1 Å². The van der Waals surface area contributed by atoms with Crippen molar-refractivity contribution in [3.8, 4) is 16.9 Å². The molecule has 1 aliphatic heterocycles. The van der Waals surface area contributed by atoms with Crippen LogP contribution >= 0.6 is 10.6 Å². The number of aryl methyl sites for hydroxylation is 3. The highest BCUT2D eigenvalue weighted by Crippen LogP contribution is 2.48. The highest BCUT2D eigenvalue weighted by molar-refractivity contribution is 8.24. The van der Waals surface area contributed by atoms with Gasteiger partial charge < -0.3 is 15.2 Å². The molecule has 4 N–H and O–H groups in total. The third-order valence-electron chi connectivity index (χ3n) is 8.86. The molecule has 40 heavy (non-hydrogen) atoms. The van der Waals surface area contributed by atoms with Gasteiger partial charge in [0.05, 0.1) is 12.5 Å². The fraction of sp³-hybridized carbons (Fsp3) is 0.424. The lowest BCUT2D eigenvalue weighted by molar-refractivity contribution is -0.138. The van der Waals surface area contributed by atoms with Crippen molar-refractivity contribution >= 4 is 22.2 Å². The van der Waals surface area contributed by atoms with Crippen LogP contribution in [0.1, 0.15) is 59.4 Å². The Morgan fingerprint density at radius 2 is 1.75 bits per heavy atom. The highest BCUT2D eigenvalue weighted by atomic mass is 32.3. The number of hydrogen-bond donors (Lipinski definition) is 4. The molecule has 1 heterocycles. The van der Waals surface area contributed by atoms with Crippen LogP contribution in [0, 0.1) is 18.8 Å². The molecule has 0 unspecified atom stereocenters. The Hall–Kier alpha value is -3.00. The molecule has 2 fully saturated rings. The number of anilines is 1. The van der Waals surface area contributed by atoms with Gasteiger partial charge in [-0.25, -0.2) is 0 Å². The van der Waals surface area contributed by atoms with Crippen molar-refractivity contribution in [1.29, 1.82) is 0 Å². The van der Waals surface area contributed by atoms with Gasteiger partial charge in [-0.1, -0.05) is 24.3 Å². The lowest BCUT2D eigenvalue weighted by atomic mass is 9.91. The van der Waals surface area contributed by atoms with E-state index in [0.29, 0.717) is 24.0 Å². The molecule has 3 aromatic rings. The molecule has 0 spiro atoms. The Labute approximate surface area is 238 Å². The first-order chi connectivity index (χ1) is 19.3.